The third-order valence-corrected chi connectivity index (χ3v) is 2.78. The van der Waals surface area contributed by atoms with E-state index in [1.54, 1.807) is 0 Å². The second-order valence-corrected chi connectivity index (χ2v) is 4.24. The van der Waals surface area contributed by atoms with Crippen LogP contribution in [0.15, 0.2) is 0 Å². The summed E-state index contributed by atoms with van der Waals surface area (Å²) in [6.45, 7) is 6.41. The van der Waals surface area contributed by atoms with Crippen molar-refractivity contribution in [3.63, 3.8) is 0 Å². The fraction of sp³-hybridized carbons (Fsp3) is 0.889. The van der Waals surface area contributed by atoms with E-state index in [2.05, 4.69) is 22.9 Å². The molecule has 0 radical (unpaired) electrons. The maximum Gasteiger partial charge on any atom is 0.308 e. The summed E-state index contributed by atoms with van der Waals surface area (Å²) in [5, 5.41) is 0. The highest BCUT2D eigenvalue weighted by Crippen LogP contribution is 2.08. The zero-order valence-electron chi connectivity index (χ0n) is 7.97. The molecule has 3 heteroatoms. The van der Waals surface area contributed by atoms with Gasteiger partial charge in [0.25, 0.3) is 0 Å². The average molecular weight is 237 g/mol. The molecule has 72 valence electrons. The van der Waals surface area contributed by atoms with E-state index in [0.29, 0.717) is 11.4 Å². The Balaban J connectivity index is 3.56. The van der Waals surface area contributed by atoms with Crippen LogP contribution in [0.1, 0.15) is 33.6 Å². The van der Waals surface area contributed by atoms with Crippen LogP contribution in [0.3, 0.4) is 0 Å². The third kappa shape index (κ3) is 4.75. The SMILES string of the molecule is CCC(Br)COC(=O)C(C)CC. The van der Waals surface area contributed by atoms with Gasteiger partial charge in [-0.3, -0.25) is 4.79 Å². The second-order valence-electron chi connectivity index (χ2n) is 2.94. The predicted molar refractivity (Wildman–Crippen MR) is 53.4 cm³/mol. The summed E-state index contributed by atoms with van der Waals surface area (Å²) in [4.78, 5) is 11.4. The fourth-order valence-corrected chi connectivity index (χ4v) is 0.731. The van der Waals surface area contributed by atoms with E-state index in [-0.39, 0.29) is 11.9 Å². The number of carbonyl (C=O) groups is 1. The van der Waals surface area contributed by atoms with Gasteiger partial charge in [0.2, 0.25) is 0 Å². The first kappa shape index (κ1) is 11.9. The molecule has 0 saturated heterocycles. The first-order valence-electron chi connectivity index (χ1n) is 4.42. The molecule has 0 aromatic rings. The van der Waals surface area contributed by atoms with Gasteiger partial charge in [-0.15, -0.1) is 0 Å². The van der Waals surface area contributed by atoms with Gasteiger partial charge in [-0.05, 0) is 12.8 Å². The van der Waals surface area contributed by atoms with E-state index >= 15 is 0 Å². The van der Waals surface area contributed by atoms with Crippen LogP contribution in [0.2, 0.25) is 0 Å². The van der Waals surface area contributed by atoms with Gasteiger partial charge < -0.3 is 4.74 Å². The van der Waals surface area contributed by atoms with E-state index in [9.17, 15) is 4.79 Å². The molecule has 0 aromatic heterocycles. The molecule has 0 aliphatic heterocycles. The van der Waals surface area contributed by atoms with Gasteiger partial charge in [-0.25, -0.2) is 0 Å². The van der Waals surface area contributed by atoms with Crippen molar-refractivity contribution < 1.29 is 9.53 Å². The molecule has 0 aromatic carbocycles. The zero-order chi connectivity index (χ0) is 9.56. The van der Waals surface area contributed by atoms with Crippen molar-refractivity contribution in [3.8, 4) is 0 Å². The van der Waals surface area contributed by atoms with Crippen molar-refractivity contribution >= 4 is 21.9 Å². The summed E-state index contributed by atoms with van der Waals surface area (Å²) in [7, 11) is 0. The summed E-state index contributed by atoms with van der Waals surface area (Å²) in [5.74, 6) is -0.0584. The maximum absolute atomic E-state index is 11.2. The Kier molecular flexibility index (Phi) is 6.44. The van der Waals surface area contributed by atoms with E-state index in [1.807, 2.05) is 13.8 Å². The first-order chi connectivity index (χ1) is 5.61. The molecular formula is C9H17BrO2. The van der Waals surface area contributed by atoms with Crippen LogP contribution < -0.4 is 0 Å². The second kappa shape index (κ2) is 6.46. The lowest BCUT2D eigenvalue weighted by Gasteiger charge is -2.11. The molecule has 0 fully saturated rings. The third-order valence-electron chi connectivity index (χ3n) is 1.86. The monoisotopic (exact) mass is 236 g/mol. The molecule has 0 heterocycles. The van der Waals surface area contributed by atoms with E-state index in [4.69, 9.17) is 4.74 Å². The quantitative estimate of drug-likeness (QED) is 0.542. The number of hydrogen-bond acceptors (Lipinski definition) is 2. The molecular weight excluding hydrogens is 220 g/mol. The minimum atomic E-state index is -0.0876. The summed E-state index contributed by atoms with van der Waals surface area (Å²) in [6.07, 6.45) is 1.83. The highest BCUT2D eigenvalue weighted by Gasteiger charge is 2.12. The van der Waals surface area contributed by atoms with Crippen LogP contribution in [0.25, 0.3) is 0 Å². The standard InChI is InChI=1S/C9H17BrO2/c1-4-7(3)9(11)12-6-8(10)5-2/h7-8H,4-6H2,1-3H3. The highest BCUT2D eigenvalue weighted by atomic mass is 79.9. The molecule has 0 rings (SSSR count). The van der Waals surface area contributed by atoms with Gasteiger partial charge in [-0.2, -0.15) is 0 Å². The molecule has 0 spiro atoms. The van der Waals surface area contributed by atoms with Gasteiger partial charge in [0.05, 0.1) is 5.92 Å². The van der Waals surface area contributed by atoms with Crippen LogP contribution in [-0.4, -0.2) is 17.4 Å². The lowest BCUT2D eigenvalue weighted by atomic mass is 10.1. The Morgan fingerprint density at radius 2 is 2.00 bits per heavy atom. The van der Waals surface area contributed by atoms with Crippen molar-refractivity contribution in [2.75, 3.05) is 6.61 Å². The normalized spacial score (nSPS) is 15.3. The summed E-state index contributed by atoms with van der Waals surface area (Å²) in [5.41, 5.74) is 0. The van der Waals surface area contributed by atoms with Crippen LogP contribution in [0.4, 0.5) is 0 Å². The van der Waals surface area contributed by atoms with Crippen molar-refractivity contribution in [1.29, 1.82) is 0 Å². The van der Waals surface area contributed by atoms with Gasteiger partial charge in [0.15, 0.2) is 0 Å². The summed E-state index contributed by atoms with van der Waals surface area (Å²) < 4.78 is 5.06. The fourth-order valence-electron chi connectivity index (χ4n) is 0.599. The Morgan fingerprint density at radius 3 is 2.42 bits per heavy atom. The van der Waals surface area contributed by atoms with Gasteiger partial charge in [0, 0.05) is 4.83 Å². The largest absolute Gasteiger partial charge is 0.464 e. The van der Waals surface area contributed by atoms with Gasteiger partial charge in [-0.1, -0.05) is 36.7 Å². The first-order valence-corrected chi connectivity index (χ1v) is 5.34. The molecule has 0 saturated carbocycles. The lowest BCUT2D eigenvalue weighted by molar-refractivity contribution is -0.147. The van der Waals surface area contributed by atoms with Crippen LogP contribution in [0.5, 0.6) is 0 Å². The van der Waals surface area contributed by atoms with Crippen LogP contribution in [-0.2, 0) is 9.53 Å². The summed E-state index contributed by atoms with van der Waals surface area (Å²) in [6, 6.07) is 0. The molecule has 2 atom stereocenters. The Hall–Kier alpha value is -0.0500. The Bertz CT molecular complexity index is 136. The lowest BCUT2D eigenvalue weighted by Crippen LogP contribution is -2.18. The average Bonchev–Trinajstić information content (AvgIpc) is 2.11. The molecule has 2 unspecified atom stereocenters. The zero-order valence-corrected chi connectivity index (χ0v) is 9.56. The molecule has 0 bridgehead atoms. The van der Waals surface area contributed by atoms with E-state index in [1.165, 1.54) is 0 Å². The van der Waals surface area contributed by atoms with E-state index in [0.717, 1.165) is 12.8 Å². The van der Waals surface area contributed by atoms with Crippen LogP contribution in [0, 0.1) is 5.92 Å². The van der Waals surface area contributed by atoms with Gasteiger partial charge in [0.1, 0.15) is 6.61 Å². The maximum atomic E-state index is 11.2. The summed E-state index contributed by atoms with van der Waals surface area (Å²) >= 11 is 3.40. The minimum absolute atomic E-state index is 0.0292. The molecule has 0 aliphatic carbocycles. The number of alkyl halides is 1. The van der Waals surface area contributed by atoms with Crippen molar-refractivity contribution in [3.05, 3.63) is 0 Å². The van der Waals surface area contributed by atoms with Crippen LogP contribution >= 0.6 is 15.9 Å². The smallest absolute Gasteiger partial charge is 0.308 e. The number of rotatable bonds is 5. The molecule has 0 amide bonds. The van der Waals surface area contributed by atoms with Gasteiger partial charge >= 0.3 is 5.97 Å². The minimum Gasteiger partial charge on any atom is -0.464 e. The Morgan fingerprint density at radius 1 is 1.42 bits per heavy atom. The van der Waals surface area contributed by atoms with Crippen molar-refractivity contribution in [2.24, 2.45) is 5.92 Å². The van der Waals surface area contributed by atoms with E-state index < -0.39 is 0 Å². The Labute approximate surface area is 82.8 Å². The molecule has 2 nitrogen and oxygen atoms in total. The number of esters is 1. The molecule has 0 N–H and O–H groups in total. The number of carbonyl (C=O) groups excluding carboxylic acids is 1. The topological polar surface area (TPSA) is 26.3 Å². The van der Waals surface area contributed by atoms with Crippen molar-refractivity contribution in [2.45, 2.75) is 38.4 Å². The number of halogens is 1. The molecule has 0 aliphatic rings. The molecule has 12 heavy (non-hydrogen) atoms. The highest BCUT2D eigenvalue weighted by molar-refractivity contribution is 9.09. The predicted octanol–water partition coefficient (Wildman–Crippen LogP) is 2.75. The number of ether oxygens (including phenoxy) is 1. The van der Waals surface area contributed by atoms with Crippen molar-refractivity contribution in [1.82, 2.24) is 0 Å². The number of hydrogen-bond donors (Lipinski definition) is 0.